The number of aliphatic hydroxyl groups is 1. The monoisotopic (exact) mass is 258 g/mol. The highest BCUT2D eigenvalue weighted by Gasteiger charge is 2.20. The van der Waals surface area contributed by atoms with Gasteiger partial charge in [0.1, 0.15) is 12.4 Å². The third kappa shape index (κ3) is 2.36. The molecular formula is C15H18N2O2. The zero-order valence-corrected chi connectivity index (χ0v) is 11.3. The maximum absolute atomic E-state index is 9.77. The van der Waals surface area contributed by atoms with E-state index < -0.39 is 0 Å². The first-order valence-corrected chi connectivity index (χ1v) is 6.56. The minimum Gasteiger partial charge on any atom is -0.487 e. The van der Waals surface area contributed by atoms with E-state index in [1.165, 1.54) is 5.56 Å². The smallest absolute Gasteiger partial charge is 0.130 e. The molecular weight excluding hydrogens is 240 g/mol. The third-order valence-electron chi connectivity index (χ3n) is 3.65. The molecule has 0 fully saturated rings. The second-order valence-electron chi connectivity index (χ2n) is 5.10. The van der Waals surface area contributed by atoms with E-state index in [1.807, 2.05) is 42.9 Å². The molecule has 1 aromatic heterocycles. The van der Waals surface area contributed by atoms with Crippen LogP contribution in [0.15, 0.2) is 24.3 Å². The van der Waals surface area contributed by atoms with E-state index in [4.69, 9.17) is 4.74 Å². The lowest BCUT2D eigenvalue weighted by Crippen LogP contribution is -2.03. The number of fused-ring (bicyclic) bond motifs is 1. The van der Waals surface area contributed by atoms with Crippen molar-refractivity contribution < 1.29 is 9.84 Å². The van der Waals surface area contributed by atoms with Crippen molar-refractivity contribution in [2.24, 2.45) is 7.05 Å². The van der Waals surface area contributed by atoms with Crippen LogP contribution >= 0.6 is 0 Å². The van der Waals surface area contributed by atoms with E-state index >= 15 is 0 Å². The first-order chi connectivity index (χ1) is 9.13. The standard InChI is InChI=1S/C15H18N2O2/c1-10-7-12(17(2)16-10)9-19-13-4-5-14-11(8-13)3-6-15(14)18/h4-5,7-8,15,18H,3,6,9H2,1-2H3/t15-/m0/s1. The number of benzene rings is 1. The summed E-state index contributed by atoms with van der Waals surface area (Å²) < 4.78 is 7.64. The predicted molar refractivity (Wildman–Crippen MR) is 72.0 cm³/mol. The summed E-state index contributed by atoms with van der Waals surface area (Å²) in [5.41, 5.74) is 4.30. The Morgan fingerprint density at radius 3 is 3.00 bits per heavy atom. The number of ether oxygens (including phenoxy) is 1. The minimum absolute atomic E-state index is 0.302. The molecule has 0 unspecified atom stereocenters. The number of nitrogens with zero attached hydrogens (tertiary/aromatic N) is 2. The molecule has 0 saturated heterocycles. The van der Waals surface area contributed by atoms with Crippen LogP contribution in [0.5, 0.6) is 5.75 Å². The van der Waals surface area contributed by atoms with Crippen molar-refractivity contribution in [2.45, 2.75) is 32.5 Å². The van der Waals surface area contributed by atoms with Gasteiger partial charge in [0.15, 0.2) is 0 Å². The normalized spacial score (nSPS) is 17.5. The number of hydrogen-bond donors (Lipinski definition) is 1. The molecule has 1 aliphatic carbocycles. The Bertz CT molecular complexity index is 604. The summed E-state index contributed by atoms with van der Waals surface area (Å²) in [6, 6.07) is 7.96. The SMILES string of the molecule is Cc1cc(COc2ccc3c(c2)CC[C@@H]3O)n(C)n1. The van der Waals surface area contributed by atoms with Crippen LogP contribution in [0.4, 0.5) is 0 Å². The fraction of sp³-hybridized carbons (Fsp3) is 0.400. The van der Waals surface area contributed by atoms with Gasteiger partial charge in [0.05, 0.1) is 17.5 Å². The molecule has 4 nitrogen and oxygen atoms in total. The van der Waals surface area contributed by atoms with Crippen molar-refractivity contribution in [2.75, 3.05) is 0 Å². The van der Waals surface area contributed by atoms with Gasteiger partial charge in [-0.25, -0.2) is 0 Å². The van der Waals surface area contributed by atoms with Gasteiger partial charge in [0, 0.05) is 7.05 Å². The maximum atomic E-state index is 9.77. The lowest BCUT2D eigenvalue weighted by Gasteiger charge is -2.09. The lowest BCUT2D eigenvalue weighted by atomic mass is 10.1. The van der Waals surface area contributed by atoms with Crippen molar-refractivity contribution in [3.05, 3.63) is 46.8 Å². The van der Waals surface area contributed by atoms with E-state index in [0.717, 1.165) is 35.5 Å². The van der Waals surface area contributed by atoms with Crippen LogP contribution in [0, 0.1) is 6.92 Å². The Labute approximate surface area is 112 Å². The Hall–Kier alpha value is -1.81. The van der Waals surface area contributed by atoms with E-state index in [0.29, 0.717) is 6.61 Å². The highest BCUT2D eigenvalue weighted by molar-refractivity contribution is 5.39. The quantitative estimate of drug-likeness (QED) is 0.918. The molecule has 4 heteroatoms. The van der Waals surface area contributed by atoms with E-state index in [1.54, 1.807) is 0 Å². The van der Waals surface area contributed by atoms with E-state index in [-0.39, 0.29) is 6.10 Å². The molecule has 0 bridgehead atoms. The van der Waals surface area contributed by atoms with Gasteiger partial charge in [-0.2, -0.15) is 5.10 Å². The van der Waals surface area contributed by atoms with Gasteiger partial charge in [0.25, 0.3) is 0 Å². The Morgan fingerprint density at radius 2 is 2.26 bits per heavy atom. The van der Waals surface area contributed by atoms with Crippen molar-refractivity contribution in [1.29, 1.82) is 0 Å². The summed E-state index contributed by atoms with van der Waals surface area (Å²) >= 11 is 0. The number of hydrogen-bond acceptors (Lipinski definition) is 3. The van der Waals surface area contributed by atoms with Crippen LogP contribution in [0.25, 0.3) is 0 Å². The molecule has 19 heavy (non-hydrogen) atoms. The summed E-state index contributed by atoms with van der Waals surface area (Å²) in [6.45, 7) is 2.49. The number of aromatic nitrogens is 2. The van der Waals surface area contributed by atoms with Crippen molar-refractivity contribution in [3.63, 3.8) is 0 Å². The summed E-state index contributed by atoms with van der Waals surface area (Å²) in [5, 5.41) is 14.1. The molecule has 1 heterocycles. The molecule has 1 atom stereocenters. The summed E-state index contributed by atoms with van der Waals surface area (Å²) in [7, 11) is 1.92. The topological polar surface area (TPSA) is 47.3 Å². The van der Waals surface area contributed by atoms with Gasteiger partial charge in [0.2, 0.25) is 0 Å². The van der Waals surface area contributed by atoms with Gasteiger partial charge in [-0.3, -0.25) is 4.68 Å². The van der Waals surface area contributed by atoms with Crippen molar-refractivity contribution in [1.82, 2.24) is 9.78 Å². The Kier molecular flexibility index (Phi) is 3.03. The highest BCUT2D eigenvalue weighted by atomic mass is 16.5. The molecule has 1 aromatic carbocycles. The number of rotatable bonds is 3. The number of aryl methyl sites for hydroxylation is 3. The molecule has 1 N–H and O–H groups in total. The molecule has 3 rings (SSSR count). The molecule has 0 saturated carbocycles. The molecule has 0 spiro atoms. The van der Waals surface area contributed by atoms with Gasteiger partial charge in [-0.1, -0.05) is 6.07 Å². The van der Waals surface area contributed by atoms with Crippen molar-refractivity contribution >= 4 is 0 Å². The summed E-state index contributed by atoms with van der Waals surface area (Å²) in [5.74, 6) is 0.853. The third-order valence-corrected chi connectivity index (χ3v) is 3.65. The van der Waals surface area contributed by atoms with Crippen molar-refractivity contribution in [3.8, 4) is 5.75 Å². The lowest BCUT2D eigenvalue weighted by molar-refractivity contribution is 0.180. The summed E-state index contributed by atoms with van der Waals surface area (Å²) in [6.07, 6.45) is 1.45. The van der Waals surface area contributed by atoms with Gasteiger partial charge >= 0.3 is 0 Å². The highest BCUT2D eigenvalue weighted by Crippen LogP contribution is 2.33. The Balaban J connectivity index is 1.73. The zero-order chi connectivity index (χ0) is 13.4. The first kappa shape index (κ1) is 12.2. The van der Waals surface area contributed by atoms with Crippen LogP contribution in [0.2, 0.25) is 0 Å². The van der Waals surface area contributed by atoms with Crippen LogP contribution in [0.3, 0.4) is 0 Å². The maximum Gasteiger partial charge on any atom is 0.130 e. The fourth-order valence-corrected chi connectivity index (χ4v) is 2.62. The molecule has 2 aromatic rings. The fourth-order valence-electron chi connectivity index (χ4n) is 2.62. The van der Waals surface area contributed by atoms with Gasteiger partial charge in [-0.15, -0.1) is 0 Å². The van der Waals surface area contributed by atoms with Crippen LogP contribution in [-0.4, -0.2) is 14.9 Å². The average molecular weight is 258 g/mol. The second-order valence-corrected chi connectivity index (χ2v) is 5.10. The van der Waals surface area contributed by atoms with Crippen LogP contribution in [-0.2, 0) is 20.1 Å². The minimum atomic E-state index is -0.302. The average Bonchev–Trinajstić information content (AvgIpc) is 2.90. The summed E-state index contributed by atoms with van der Waals surface area (Å²) in [4.78, 5) is 0. The van der Waals surface area contributed by atoms with Crippen LogP contribution in [0.1, 0.15) is 35.0 Å². The van der Waals surface area contributed by atoms with E-state index in [9.17, 15) is 5.11 Å². The van der Waals surface area contributed by atoms with E-state index in [2.05, 4.69) is 5.10 Å². The molecule has 1 aliphatic rings. The van der Waals surface area contributed by atoms with Gasteiger partial charge in [-0.05, 0) is 49.1 Å². The Morgan fingerprint density at radius 1 is 1.42 bits per heavy atom. The molecule has 100 valence electrons. The predicted octanol–water partition coefficient (Wildman–Crippen LogP) is 2.29. The second kappa shape index (κ2) is 4.70. The largest absolute Gasteiger partial charge is 0.487 e. The van der Waals surface area contributed by atoms with Gasteiger partial charge < -0.3 is 9.84 Å². The van der Waals surface area contributed by atoms with Crippen LogP contribution < -0.4 is 4.74 Å². The molecule has 0 radical (unpaired) electrons. The zero-order valence-electron chi connectivity index (χ0n) is 11.3. The molecule has 0 aliphatic heterocycles. The first-order valence-electron chi connectivity index (χ1n) is 6.56. The number of aliphatic hydroxyl groups excluding tert-OH is 1. The molecule has 0 amide bonds.